The smallest absolute Gasteiger partial charge is 0.327 e. The number of rotatable bonds is 8. The summed E-state index contributed by atoms with van der Waals surface area (Å²) in [5.41, 5.74) is -0.554. The summed E-state index contributed by atoms with van der Waals surface area (Å²) in [4.78, 5) is 14.9. The van der Waals surface area contributed by atoms with Crippen LogP contribution in [-0.4, -0.2) is 61.9 Å². The monoisotopic (exact) mass is 298 g/mol. The van der Waals surface area contributed by atoms with E-state index in [0.717, 1.165) is 32.4 Å². The summed E-state index contributed by atoms with van der Waals surface area (Å²) >= 11 is 0. The summed E-state index contributed by atoms with van der Waals surface area (Å²) in [7, 11) is 2.10. The molecule has 1 saturated heterocycles. The molecular weight excluding hydrogens is 268 g/mol. The largest absolute Gasteiger partial charge is 0.465 e. The summed E-state index contributed by atoms with van der Waals surface area (Å²) in [6.07, 6.45) is 3.48. The molecule has 2 fully saturated rings. The second kappa shape index (κ2) is 7.07. The van der Waals surface area contributed by atoms with Crippen LogP contribution in [0.1, 0.15) is 40.0 Å². The molecule has 0 radical (unpaired) electrons. The van der Waals surface area contributed by atoms with Crippen LogP contribution in [0.25, 0.3) is 0 Å². The second-order valence-electron chi connectivity index (χ2n) is 6.34. The lowest BCUT2D eigenvalue weighted by Gasteiger charge is -2.38. The SMILES string of the molecule is CCNC(CN(C)C1CCOC1C)(C(=O)OCC)C1CC1. The molecule has 1 N–H and O–H groups in total. The molecule has 0 aromatic carbocycles. The molecular formula is C16H30N2O3. The Morgan fingerprint density at radius 3 is 2.57 bits per heavy atom. The Labute approximate surface area is 128 Å². The van der Waals surface area contributed by atoms with Crippen molar-refractivity contribution in [3.8, 4) is 0 Å². The minimum atomic E-state index is -0.554. The second-order valence-corrected chi connectivity index (χ2v) is 6.34. The fourth-order valence-corrected chi connectivity index (χ4v) is 3.59. The van der Waals surface area contributed by atoms with E-state index < -0.39 is 5.54 Å². The molecule has 0 spiro atoms. The molecule has 1 aliphatic heterocycles. The summed E-state index contributed by atoms with van der Waals surface area (Å²) in [6, 6.07) is 0.385. The van der Waals surface area contributed by atoms with Crippen LogP contribution in [0.4, 0.5) is 0 Å². The lowest BCUT2D eigenvalue weighted by molar-refractivity contribution is -0.153. The number of carbonyl (C=O) groups is 1. The van der Waals surface area contributed by atoms with Crippen molar-refractivity contribution < 1.29 is 14.3 Å². The van der Waals surface area contributed by atoms with Crippen LogP contribution in [0.2, 0.25) is 0 Å². The fraction of sp³-hybridized carbons (Fsp3) is 0.938. The molecule has 0 aromatic rings. The van der Waals surface area contributed by atoms with E-state index in [-0.39, 0.29) is 12.1 Å². The van der Waals surface area contributed by atoms with Gasteiger partial charge in [-0.1, -0.05) is 6.92 Å². The predicted molar refractivity (Wildman–Crippen MR) is 82.2 cm³/mol. The zero-order chi connectivity index (χ0) is 15.5. The summed E-state index contributed by atoms with van der Waals surface area (Å²) in [6.45, 7) is 8.77. The first kappa shape index (κ1) is 16.7. The maximum absolute atomic E-state index is 12.6. The first-order valence-corrected chi connectivity index (χ1v) is 8.29. The van der Waals surface area contributed by atoms with Gasteiger partial charge in [0.15, 0.2) is 0 Å². The molecule has 5 nitrogen and oxygen atoms in total. The van der Waals surface area contributed by atoms with E-state index in [2.05, 4.69) is 31.1 Å². The van der Waals surface area contributed by atoms with Crippen LogP contribution in [-0.2, 0) is 14.3 Å². The third-order valence-electron chi connectivity index (χ3n) is 4.81. The van der Waals surface area contributed by atoms with Gasteiger partial charge in [-0.2, -0.15) is 0 Å². The molecule has 1 saturated carbocycles. The van der Waals surface area contributed by atoms with E-state index in [1.165, 1.54) is 0 Å². The third-order valence-corrected chi connectivity index (χ3v) is 4.81. The minimum absolute atomic E-state index is 0.0900. The normalized spacial score (nSPS) is 28.6. The van der Waals surface area contributed by atoms with Gasteiger partial charge in [-0.15, -0.1) is 0 Å². The average molecular weight is 298 g/mol. The van der Waals surface area contributed by atoms with Gasteiger partial charge in [0.05, 0.1) is 12.7 Å². The third kappa shape index (κ3) is 3.58. The summed E-state index contributed by atoms with van der Waals surface area (Å²) < 4.78 is 11.1. The lowest BCUT2D eigenvalue weighted by Crippen LogP contribution is -2.62. The maximum Gasteiger partial charge on any atom is 0.327 e. The Hall–Kier alpha value is -0.650. The van der Waals surface area contributed by atoms with Crippen LogP contribution in [0.5, 0.6) is 0 Å². The van der Waals surface area contributed by atoms with Gasteiger partial charge >= 0.3 is 5.97 Å². The molecule has 2 rings (SSSR count). The molecule has 3 unspecified atom stereocenters. The van der Waals surface area contributed by atoms with Gasteiger partial charge in [0, 0.05) is 19.2 Å². The van der Waals surface area contributed by atoms with Gasteiger partial charge < -0.3 is 14.8 Å². The average Bonchev–Trinajstić information content (AvgIpc) is 3.21. The Bertz CT molecular complexity index is 359. The van der Waals surface area contributed by atoms with Gasteiger partial charge in [-0.3, -0.25) is 4.90 Å². The van der Waals surface area contributed by atoms with Crippen molar-refractivity contribution in [2.45, 2.75) is 57.7 Å². The van der Waals surface area contributed by atoms with E-state index in [0.29, 0.717) is 25.1 Å². The number of esters is 1. The molecule has 1 aliphatic carbocycles. The van der Waals surface area contributed by atoms with Crippen molar-refractivity contribution in [2.24, 2.45) is 5.92 Å². The highest BCUT2D eigenvalue weighted by molar-refractivity contribution is 5.82. The van der Waals surface area contributed by atoms with Crippen molar-refractivity contribution in [2.75, 3.05) is 33.4 Å². The van der Waals surface area contributed by atoms with E-state index in [9.17, 15) is 4.79 Å². The number of likely N-dealkylation sites (N-methyl/N-ethyl adjacent to an activating group) is 2. The van der Waals surface area contributed by atoms with Crippen molar-refractivity contribution in [1.82, 2.24) is 10.2 Å². The van der Waals surface area contributed by atoms with Crippen LogP contribution in [0, 0.1) is 5.92 Å². The van der Waals surface area contributed by atoms with E-state index in [4.69, 9.17) is 9.47 Å². The van der Waals surface area contributed by atoms with Crippen molar-refractivity contribution in [3.05, 3.63) is 0 Å². The highest BCUT2D eigenvalue weighted by Crippen LogP contribution is 2.41. The summed E-state index contributed by atoms with van der Waals surface area (Å²) in [5.74, 6) is 0.310. The Kier molecular flexibility index (Phi) is 5.63. The topological polar surface area (TPSA) is 50.8 Å². The van der Waals surface area contributed by atoms with Crippen molar-refractivity contribution in [3.63, 3.8) is 0 Å². The number of carbonyl (C=O) groups excluding carboxylic acids is 1. The predicted octanol–water partition coefficient (Wildman–Crippen LogP) is 1.42. The summed E-state index contributed by atoms with van der Waals surface area (Å²) in [5, 5.41) is 3.45. The van der Waals surface area contributed by atoms with Crippen molar-refractivity contribution >= 4 is 5.97 Å². The first-order chi connectivity index (χ1) is 10.0. The molecule has 5 heteroatoms. The van der Waals surface area contributed by atoms with Gasteiger partial charge in [0.1, 0.15) is 5.54 Å². The Balaban J connectivity index is 2.12. The Morgan fingerprint density at radius 1 is 1.38 bits per heavy atom. The highest BCUT2D eigenvalue weighted by Gasteiger charge is 2.52. The van der Waals surface area contributed by atoms with Crippen LogP contribution in [0.3, 0.4) is 0 Å². The molecule has 1 heterocycles. The highest BCUT2D eigenvalue weighted by atomic mass is 16.5. The quantitative estimate of drug-likeness (QED) is 0.687. The molecule has 122 valence electrons. The number of hydrogen-bond acceptors (Lipinski definition) is 5. The van der Waals surface area contributed by atoms with Gasteiger partial charge in [0.2, 0.25) is 0 Å². The number of nitrogens with one attached hydrogen (secondary N) is 1. The Morgan fingerprint density at radius 2 is 2.10 bits per heavy atom. The van der Waals surface area contributed by atoms with Gasteiger partial charge in [-0.25, -0.2) is 4.79 Å². The zero-order valence-corrected chi connectivity index (χ0v) is 13.9. The molecule has 0 aromatic heterocycles. The zero-order valence-electron chi connectivity index (χ0n) is 13.9. The van der Waals surface area contributed by atoms with Gasteiger partial charge in [-0.05, 0) is 52.6 Å². The number of nitrogens with zero attached hydrogens (tertiary/aromatic N) is 1. The number of hydrogen-bond donors (Lipinski definition) is 1. The van der Waals surface area contributed by atoms with Crippen molar-refractivity contribution in [1.29, 1.82) is 0 Å². The van der Waals surface area contributed by atoms with Crippen LogP contribution >= 0.6 is 0 Å². The molecule has 0 amide bonds. The molecule has 21 heavy (non-hydrogen) atoms. The lowest BCUT2D eigenvalue weighted by atomic mass is 9.91. The fourth-order valence-electron chi connectivity index (χ4n) is 3.59. The molecule has 3 atom stereocenters. The molecule has 2 aliphatic rings. The standard InChI is InChI=1S/C16H30N2O3/c1-5-17-16(13-7-8-13,15(19)20-6-2)11-18(4)14-9-10-21-12(14)3/h12-14,17H,5-11H2,1-4H3. The van der Waals surface area contributed by atoms with Gasteiger partial charge in [0.25, 0.3) is 0 Å². The van der Waals surface area contributed by atoms with E-state index in [1.54, 1.807) is 0 Å². The van der Waals surface area contributed by atoms with Crippen LogP contribution < -0.4 is 5.32 Å². The number of ether oxygens (including phenoxy) is 2. The minimum Gasteiger partial charge on any atom is -0.465 e. The van der Waals surface area contributed by atoms with E-state index >= 15 is 0 Å². The molecule has 0 bridgehead atoms. The first-order valence-electron chi connectivity index (χ1n) is 8.29. The van der Waals surface area contributed by atoms with E-state index in [1.807, 2.05) is 6.92 Å². The van der Waals surface area contributed by atoms with Crippen LogP contribution in [0.15, 0.2) is 0 Å². The maximum atomic E-state index is 12.6.